The maximum atomic E-state index is 5.84. The number of hydrogen-bond acceptors (Lipinski definition) is 3. The average Bonchev–Trinajstić information content (AvgIpc) is 2.26. The Morgan fingerprint density at radius 1 is 1.25 bits per heavy atom. The van der Waals surface area contributed by atoms with Crippen molar-refractivity contribution in [2.75, 3.05) is 5.73 Å². The van der Waals surface area contributed by atoms with Gasteiger partial charge in [0.15, 0.2) is 5.75 Å². The molecule has 2 rings (SSSR count). The molecule has 0 spiro atoms. The standard InChI is InChI=1S/C12H11BrN2O/c1-8-3-2-4-10(14)12(8)16-11-6-5-9(13)7-15-11/h2-7H,14H2,1H3. The molecule has 0 saturated carbocycles. The molecule has 0 aliphatic rings. The van der Waals surface area contributed by atoms with Crippen LogP contribution in [0.4, 0.5) is 5.69 Å². The highest BCUT2D eigenvalue weighted by Crippen LogP contribution is 2.29. The van der Waals surface area contributed by atoms with E-state index in [-0.39, 0.29) is 0 Å². The third-order valence-corrected chi connectivity index (χ3v) is 2.62. The van der Waals surface area contributed by atoms with Gasteiger partial charge in [0.2, 0.25) is 5.88 Å². The summed E-state index contributed by atoms with van der Waals surface area (Å²) >= 11 is 3.32. The molecule has 0 radical (unpaired) electrons. The molecular weight excluding hydrogens is 268 g/mol. The van der Waals surface area contributed by atoms with Gasteiger partial charge in [-0.15, -0.1) is 0 Å². The summed E-state index contributed by atoms with van der Waals surface area (Å²) in [6, 6.07) is 9.31. The molecule has 4 heteroatoms. The van der Waals surface area contributed by atoms with Crippen LogP contribution in [0.2, 0.25) is 0 Å². The van der Waals surface area contributed by atoms with E-state index in [0.29, 0.717) is 17.3 Å². The Kier molecular flexibility index (Phi) is 3.10. The molecule has 1 aromatic heterocycles. The molecule has 0 saturated heterocycles. The zero-order chi connectivity index (χ0) is 11.5. The molecule has 3 nitrogen and oxygen atoms in total. The minimum Gasteiger partial charge on any atom is -0.437 e. The summed E-state index contributed by atoms with van der Waals surface area (Å²) in [4.78, 5) is 4.13. The van der Waals surface area contributed by atoms with Crippen LogP contribution in [0.15, 0.2) is 41.0 Å². The lowest BCUT2D eigenvalue weighted by atomic mass is 10.2. The van der Waals surface area contributed by atoms with Crippen LogP contribution < -0.4 is 10.5 Å². The third kappa shape index (κ3) is 2.33. The molecule has 1 aromatic carbocycles. The lowest BCUT2D eigenvalue weighted by Gasteiger charge is -2.09. The Balaban J connectivity index is 2.30. The van der Waals surface area contributed by atoms with Gasteiger partial charge in [0.1, 0.15) is 0 Å². The van der Waals surface area contributed by atoms with Gasteiger partial charge in [0.25, 0.3) is 0 Å². The number of halogens is 1. The number of pyridine rings is 1. The highest BCUT2D eigenvalue weighted by Gasteiger charge is 2.05. The molecule has 2 N–H and O–H groups in total. The van der Waals surface area contributed by atoms with Crippen molar-refractivity contribution in [1.82, 2.24) is 4.98 Å². The van der Waals surface area contributed by atoms with Crippen molar-refractivity contribution in [1.29, 1.82) is 0 Å². The SMILES string of the molecule is Cc1cccc(N)c1Oc1ccc(Br)cn1. The van der Waals surface area contributed by atoms with Gasteiger partial charge in [0.05, 0.1) is 5.69 Å². The normalized spacial score (nSPS) is 10.1. The number of nitrogen functional groups attached to an aromatic ring is 1. The second-order valence-electron chi connectivity index (χ2n) is 3.41. The van der Waals surface area contributed by atoms with Crippen molar-refractivity contribution in [2.45, 2.75) is 6.92 Å². The highest BCUT2D eigenvalue weighted by atomic mass is 79.9. The molecule has 1 heterocycles. The number of rotatable bonds is 2. The minimum atomic E-state index is 0.532. The van der Waals surface area contributed by atoms with E-state index in [0.717, 1.165) is 10.0 Å². The van der Waals surface area contributed by atoms with Gasteiger partial charge in [-0.1, -0.05) is 12.1 Å². The number of aryl methyl sites for hydroxylation is 1. The number of para-hydroxylation sites is 1. The maximum absolute atomic E-state index is 5.84. The Hall–Kier alpha value is -1.55. The van der Waals surface area contributed by atoms with Crippen LogP contribution in [0, 0.1) is 6.92 Å². The first-order valence-electron chi connectivity index (χ1n) is 4.81. The van der Waals surface area contributed by atoms with Crippen molar-refractivity contribution >= 4 is 21.6 Å². The summed E-state index contributed by atoms with van der Waals surface area (Å²) in [5, 5.41) is 0. The van der Waals surface area contributed by atoms with Crippen LogP contribution in [-0.2, 0) is 0 Å². The van der Waals surface area contributed by atoms with Crippen molar-refractivity contribution in [3.8, 4) is 11.6 Å². The fourth-order valence-electron chi connectivity index (χ4n) is 1.34. The van der Waals surface area contributed by atoms with Gasteiger partial charge < -0.3 is 10.5 Å². The molecular formula is C12H11BrN2O. The molecule has 0 aliphatic heterocycles. The quantitative estimate of drug-likeness (QED) is 0.855. The number of hydrogen-bond donors (Lipinski definition) is 1. The number of nitrogens with two attached hydrogens (primary N) is 1. The summed E-state index contributed by atoms with van der Waals surface area (Å²) in [5.41, 5.74) is 7.44. The number of aromatic nitrogens is 1. The largest absolute Gasteiger partial charge is 0.437 e. The second-order valence-corrected chi connectivity index (χ2v) is 4.33. The van der Waals surface area contributed by atoms with Gasteiger partial charge in [-0.05, 0) is 40.5 Å². The Morgan fingerprint density at radius 2 is 2.06 bits per heavy atom. The monoisotopic (exact) mass is 278 g/mol. The molecule has 2 aromatic rings. The number of ether oxygens (including phenoxy) is 1. The Morgan fingerprint density at radius 3 is 2.69 bits per heavy atom. The summed E-state index contributed by atoms with van der Waals surface area (Å²) in [6.45, 7) is 1.95. The summed E-state index contributed by atoms with van der Waals surface area (Å²) in [5.74, 6) is 1.20. The molecule has 0 unspecified atom stereocenters. The van der Waals surface area contributed by atoms with Gasteiger partial charge in [-0.3, -0.25) is 0 Å². The third-order valence-electron chi connectivity index (χ3n) is 2.15. The van der Waals surface area contributed by atoms with E-state index in [2.05, 4.69) is 20.9 Å². The van der Waals surface area contributed by atoms with E-state index < -0.39 is 0 Å². The van der Waals surface area contributed by atoms with Crippen molar-refractivity contribution < 1.29 is 4.74 Å². The number of anilines is 1. The summed E-state index contributed by atoms with van der Waals surface area (Å²) in [7, 11) is 0. The first kappa shape index (κ1) is 11.0. The summed E-state index contributed by atoms with van der Waals surface area (Å²) in [6.07, 6.45) is 1.68. The number of benzene rings is 1. The molecule has 0 aliphatic carbocycles. The molecule has 0 bridgehead atoms. The predicted octanol–water partition coefficient (Wildman–Crippen LogP) is 3.53. The lowest BCUT2D eigenvalue weighted by molar-refractivity contribution is 0.461. The van der Waals surface area contributed by atoms with Gasteiger partial charge >= 0.3 is 0 Å². The van der Waals surface area contributed by atoms with Crippen LogP contribution in [0.1, 0.15) is 5.56 Å². The van der Waals surface area contributed by atoms with Crippen LogP contribution in [-0.4, -0.2) is 4.98 Å². The van der Waals surface area contributed by atoms with Crippen LogP contribution >= 0.6 is 15.9 Å². The molecule has 0 atom stereocenters. The zero-order valence-electron chi connectivity index (χ0n) is 8.77. The molecule has 16 heavy (non-hydrogen) atoms. The van der Waals surface area contributed by atoms with Gasteiger partial charge in [0, 0.05) is 16.7 Å². The van der Waals surface area contributed by atoms with Crippen LogP contribution in [0.25, 0.3) is 0 Å². The predicted molar refractivity (Wildman–Crippen MR) is 67.6 cm³/mol. The molecule has 82 valence electrons. The van der Waals surface area contributed by atoms with Crippen molar-refractivity contribution in [2.24, 2.45) is 0 Å². The number of nitrogens with zero attached hydrogens (tertiary/aromatic N) is 1. The average molecular weight is 279 g/mol. The lowest BCUT2D eigenvalue weighted by Crippen LogP contribution is -1.95. The molecule has 0 amide bonds. The topological polar surface area (TPSA) is 48.1 Å². The fraction of sp³-hybridized carbons (Fsp3) is 0.0833. The van der Waals surface area contributed by atoms with Gasteiger partial charge in [-0.25, -0.2) is 4.98 Å². The van der Waals surface area contributed by atoms with Crippen molar-refractivity contribution in [3.05, 3.63) is 46.6 Å². The van der Waals surface area contributed by atoms with E-state index in [4.69, 9.17) is 10.5 Å². The van der Waals surface area contributed by atoms with Gasteiger partial charge in [-0.2, -0.15) is 0 Å². The first-order valence-corrected chi connectivity index (χ1v) is 5.60. The zero-order valence-corrected chi connectivity index (χ0v) is 10.4. The molecule has 0 fully saturated rings. The van der Waals surface area contributed by atoms with E-state index in [1.807, 2.05) is 25.1 Å². The van der Waals surface area contributed by atoms with E-state index in [1.165, 1.54) is 0 Å². The van der Waals surface area contributed by atoms with Crippen LogP contribution in [0.3, 0.4) is 0 Å². The Bertz CT molecular complexity index is 477. The highest BCUT2D eigenvalue weighted by molar-refractivity contribution is 9.10. The van der Waals surface area contributed by atoms with E-state index in [1.54, 1.807) is 18.3 Å². The van der Waals surface area contributed by atoms with Crippen LogP contribution in [0.5, 0.6) is 11.6 Å². The smallest absolute Gasteiger partial charge is 0.219 e. The maximum Gasteiger partial charge on any atom is 0.219 e. The van der Waals surface area contributed by atoms with E-state index >= 15 is 0 Å². The fourth-order valence-corrected chi connectivity index (χ4v) is 1.58. The summed E-state index contributed by atoms with van der Waals surface area (Å²) < 4.78 is 6.55. The Labute approximate surface area is 102 Å². The van der Waals surface area contributed by atoms with E-state index in [9.17, 15) is 0 Å². The second kappa shape index (κ2) is 4.53. The van der Waals surface area contributed by atoms with Crippen molar-refractivity contribution in [3.63, 3.8) is 0 Å². The first-order chi connectivity index (χ1) is 7.66. The minimum absolute atomic E-state index is 0.532.